The number of ether oxygens (including phenoxy) is 1. The third-order valence-corrected chi connectivity index (χ3v) is 3.00. The Bertz CT molecular complexity index is 551. The normalized spacial score (nSPS) is 10.4. The van der Waals surface area contributed by atoms with Gasteiger partial charge in [-0.3, -0.25) is 4.68 Å². The van der Waals surface area contributed by atoms with Gasteiger partial charge in [0.2, 0.25) is 0 Å². The molecule has 0 fully saturated rings. The minimum Gasteiger partial charge on any atom is -0.489 e. The van der Waals surface area contributed by atoms with E-state index in [1.807, 2.05) is 43.9 Å². The number of aromatic nitrogens is 2. The first-order valence-electron chi connectivity index (χ1n) is 5.70. The molecule has 4 nitrogen and oxygen atoms in total. The van der Waals surface area contributed by atoms with E-state index in [-0.39, 0.29) is 0 Å². The van der Waals surface area contributed by atoms with Crippen LogP contribution in [0.5, 0.6) is 5.75 Å². The molecule has 0 radical (unpaired) electrons. The van der Waals surface area contributed by atoms with Crippen LogP contribution < -0.4 is 10.1 Å². The van der Waals surface area contributed by atoms with Crippen molar-refractivity contribution in [3.05, 3.63) is 40.5 Å². The van der Waals surface area contributed by atoms with Gasteiger partial charge in [-0.15, -0.1) is 0 Å². The first-order chi connectivity index (χ1) is 8.61. The maximum absolute atomic E-state index is 5.91. The van der Waals surface area contributed by atoms with Crippen molar-refractivity contribution in [3.8, 4) is 5.75 Å². The Labute approximate surface area is 112 Å². The van der Waals surface area contributed by atoms with Crippen LogP contribution in [-0.2, 0) is 13.7 Å². The van der Waals surface area contributed by atoms with Crippen LogP contribution >= 0.6 is 11.6 Å². The lowest BCUT2D eigenvalue weighted by atomic mass is 10.2. The molecule has 0 amide bonds. The molecule has 0 aliphatic rings. The molecule has 5 heteroatoms. The van der Waals surface area contributed by atoms with Crippen LogP contribution in [0.15, 0.2) is 24.3 Å². The summed E-state index contributed by atoms with van der Waals surface area (Å²) in [5.41, 5.74) is 2.02. The molecular weight excluding hydrogens is 250 g/mol. The number of rotatable bonds is 4. The van der Waals surface area contributed by atoms with E-state index in [0.717, 1.165) is 22.8 Å². The second-order valence-corrected chi connectivity index (χ2v) is 4.47. The molecule has 0 bridgehead atoms. The number of hydrogen-bond donors (Lipinski definition) is 1. The lowest BCUT2D eigenvalue weighted by Crippen LogP contribution is -2.03. The van der Waals surface area contributed by atoms with E-state index >= 15 is 0 Å². The lowest BCUT2D eigenvalue weighted by Gasteiger charge is -2.08. The van der Waals surface area contributed by atoms with Crippen LogP contribution in [0.2, 0.25) is 5.02 Å². The average molecular weight is 266 g/mol. The SMILES string of the molecule is CNc1c(COc2cccc(Cl)c2)c(C)nn1C. The minimum atomic E-state index is 0.468. The predicted octanol–water partition coefficient (Wildman–Crippen LogP) is 3.00. The van der Waals surface area contributed by atoms with E-state index in [1.165, 1.54) is 0 Å². The Kier molecular flexibility index (Phi) is 3.77. The van der Waals surface area contributed by atoms with Gasteiger partial charge in [-0.25, -0.2) is 0 Å². The Balaban J connectivity index is 2.15. The van der Waals surface area contributed by atoms with Gasteiger partial charge in [0.1, 0.15) is 18.2 Å². The Hall–Kier alpha value is -1.68. The molecule has 0 saturated heterocycles. The molecule has 1 aromatic heterocycles. The molecule has 0 unspecified atom stereocenters. The minimum absolute atomic E-state index is 0.468. The summed E-state index contributed by atoms with van der Waals surface area (Å²) in [7, 11) is 3.78. The number of nitrogens with zero attached hydrogens (tertiary/aromatic N) is 2. The van der Waals surface area contributed by atoms with Crippen molar-refractivity contribution in [2.24, 2.45) is 7.05 Å². The fourth-order valence-corrected chi connectivity index (χ4v) is 2.08. The largest absolute Gasteiger partial charge is 0.489 e. The first kappa shape index (κ1) is 12.8. The number of aryl methyl sites for hydroxylation is 2. The maximum Gasteiger partial charge on any atom is 0.130 e. The average Bonchev–Trinajstić information content (AvgIpc) is 2.60. The van der Waals surface area contributed by atoms with Gasteiger partial charge in [-0.05, 0) is 25.1 Å². The van der Waals surface area contributed by atoms with Crippen molar-refractivity contribution >= 4 is 17.4 Å². The fourth-order valence-electron chi connectivity index (χ4n) is 1.90. The van der Waals surface area contributed by atoms with Crippen molar-refractivity contribution in [1.29, 1.82) is 0 Å². The van der Waals surface area contributed by atoms with Gasteiger partial charge in [0.05, 0.1) is 11.3 Å². The zero-order chi connectivity index (χ0) is 13.1. The van der Waals surface area contributed by atoms with Gasteiger partial charge in [0, 0.05) is 19.1 Å². The van der Waals surface area contributed by atoms with Gasteiger partial charge >= 0.3 is 0 Å². The summed E-state index contributed by atoms with van der Waals surface area (Å²) in [5.74, 6) is 1.72. The highest BCUT2D eigenvalue weighted by Gasteiger charge is 2.12. The predicted molar refractivity (Wildman–Crippen MR) is 73.3 cm³/mol. The molecule has 0 atom stereocenters. The summed E-state index contributed by atoms with van der Waals surface area (Å²) in [5, 5.41) is 8.16. The van der Waals surface area contributed by atoms with E-state index in [4.69, 9.17) is 16.3 Å². The molecule has 1 N–H and O–H groups in total. The van der Waals surface area contributed by atoms with E-state index < -0.39 is 0 Å². The van der Waals surface area contributed by atoms with E-state index in [9.17, 15) is 0 Å². The van der Waals surface area contributed by atoms with Crippen LogP contribution in [0.25, 0.3) is 0 Å². The highest BCUT2D eigenvalue weighted by Crippen LogP contribution is 2.22. The molecule has 0 saturated carbocycles. The zero-order valence-electron chi connectivity index (χ0n) is 10.7. The van der Waals surface area contributed by atoms with Crippen molar-refractivity contribution in [3.63, 3.8) is 0 Å². The monoisotopic (exact) mass is 265 g/mol. The summed E-state index contributed by atoms with van der Waals surface area (Å²) in [6.07, 6.45) is 0. The second kappa shape index (κ2) is 5.31. The number of benzene rings is 1. The van der Waals surface area contributed by atoms with E-state index in [2.05, 4.69) is 10.4 Å². The van der Waals surface area contributed by atoms with Crippen LogP contribution in [0.1, 0.15) is 11.3 Å². The Morgan fingerprint density at radius 2 is 2.22 bits per heavy atom. The molecule has 0 spiro atoms. The van der Waals surface area contributed by atoms with Crippen LogP contribution in [0.4, 0.5) is 5.82 Å². The van der Waals surface area contributed by atoms with Gasteiger partial charge in [-0.2, -0.15) is 5.10 Å². The topological polar surface area (TPSA) is 39.1 Å². The molecule has 18 heavy (non-hydrogen) atoms. The summed E-state index contributed by atoms with van der Waals surface area (Å²) in [6, 6.07) is 7.37. The third-order valence-electron chi connectivity index (χ3n) is 2.76. The van der Waals surface area contributed by atoms with Crippen LogP contribution in [0.3, 0.4) is 0 Å². The summed E-state index contributed by atoms with van der Waals surface area (Å²) in [6.45, 7) is 2.44. The van der Waals surface area contributed by atoms with Crippen LogP contribution in [-0.4, -0.2) is 16.8 Å². The quantitative estimate of drug-likeness (QED) is 0.924. The van der Waals surface area contributed by atoms with Gasteiger partial charge in [-0.1, -0.05) is 17.7 Å². The lowest BCUT2D eigenvalue weighted by molar-refractivity contribution is 0.306. The van der Waals surface area contributed by atoms with E-state index in [0.29, 0.717) is 11.6 Å². The molecule has 0 aliphatic heterocycles. The Morgan fingerprint density at radius 1 is 1.44 bits per heavy atom. The first-order valence-corrected chi connectivity index (χ1v) is 6.08. The fraction of sp³-hybridized carbons (Fsp3) is 0.308. The zero-order valence-corrected chi connectivity index (χ0v) is 11.5. The Morgan fingerprint density at radius 3 is 2.89 bits per heavy atom. The summed E-state index contributed by atoms with van der Waals surface area (Å²) < 4.78 is 7.54. The molecule has 2 aromatic rings. The van der Waals surface area contributed by atoms with Gasteiger partial charge < -0.3 is 10.1 Å². The second-order valence-electron chi connectivity index (χ2n) is 4.03. The number of hydrogen-bond acceptors (Lipinski definition) is 3. The number of anilines is 1. The highest BCUT2D eigenvalue weighted by molar-refractivity contribution is 6.30. The summed E-state index contributed by atoms with van der Waals surface area (Å²) >= 11 is 5.91. The van der Waals surface area contributed by atoms with Crippen molar-refractivity contribution < 1.29 is 4.74 Å². The van der Waals surface area contributed by atoms with E-state index in [1.54, 1.807) is 6.07 Å². The van der Waals surface area contributed by atoms with Gasteiger partial charge in [0.25, 0.3) is 0 Å². The summed E-state index contributed by atoms with van der Waals surface area (Å²) in [4.78, 5) is 0. The molecule has 2 rings (SSSR count). The molecule has 1 heterocycles. The standard InChI is InChI=1S/C13H16ClN3O/c1-9-12(13(15-2)17(3)16-9)8-18-11-6-4-5-10(14)7-11/h4-7,15H,8H2,1-3H3. The van der Waals surface area contributed by atoms with Crippen molar-refractivity contribution in [2.75, 3.05) is 12.4 Å². The molecular formula is C13H16ClN3O. The molecule has 0 aliphatic carbocycles. The van der Waals surface area contributed by atoms with Crippen molar-refractivity contribution in [1.82, 2.24) is 9.78 Å². The van der Waals surface area contributed by atoms with Crippen LogP contribution in [0, 0.1) is 6.92 Å². The molecule has 1 aromatic carbocycles. The van der Waals surface area contributed by atoms with Crippen molar-refractivity contribution in [2.45, 2.75) is 13.5 Å². The maximum atomic E-state index is 5.91. The smallest absolute Gasteiger partial charge is 0.130 e. The number of halogens is 1. The number of nitrogens with one attached hydrogen (secondary N) is 1. The highest BCUT2D eigenvalue weighted by atomic mass is 35.5. The molecule has 96 valence electrons. The van der Waals surface area contributed by atoms with Gasteiger partial charge in [0.15, 0.2) is 0 Å². The third kappa shape index (κ3) is 2.59.